The van der Waals surface area contributed by atoms with Gasteiger partial charge in [0.2, 0.25) is 5.79 Å². The van der Waals surface area contributed by atoms with E-state index in [4.69, 9.17) is 0 Å². The highest BCUT2D eigenvalue weighted by Crippen LogP contribution is 2.34. The van der Waals surface area contributed by atoms with Crippen LogP contribution < -0.4 is 0 Å². The first-order chi connectivity index (χ1) is 6.62. The second-order valence-corrected chi connectivity index (χ2v) is 4.09. The molecule has 1 heterocycles. The lowest BCUT2D eigenvalue weighted by Crippen LogP contribution is -2.29. The molecule has 0 aromatic carbocycles. The summed E-state index contributed by atoms with van der Waals surface area (Å²) < 4.78 is 0. The lowest BCUT2D eigenvalue weighted by Gasteiger charge is -2.27. The van der Waals surface area contributed by atoms with Gasteiger partial charge in [-0.2, -0.15) is 0 Å². The second-order valence-electron chi connectivity index (χ2n) is 4.09. The number of hydrogen-bond donors (Lipinski definition) is 2. The standard InChI is InChI=1S/C11H17NO2/c1-2-6-12-7-4-9-3-5-11(13,14)8-10(9)12/h3,5,8-9,13-14H,2,4,6-7H2,1H3. The number of likely N-dealkylation sites (tertiary alicyclic amines) is 1. The molecule has 1 unspecified atom stereocenters. The van der Waals surface area contributed by atoms with Crippen LogP contribution in [0.4, 0.5) is 0 Å². The predicted octanol–water partition coefficient (Wildman–Crippen LogP) is 0.853. The highest BCUT2D eigenvalue weighted by Gasteiger charge is 2.32. The Morgan fingerprint density at radius 1 is 1.57 bits per heavy atom. The summed E-state index contributed by atoms with van der Waals surface area (Å²) in [4.78, 5) is 2.25. The third kappa shape index (κ3) is 1.70. The summed E-state index contributed by atoms with van der Waals surface area (Å²) in [7, 11) is 0. The molecule has 2 rings (SSSR count). The summed E-state index contributed by atoms with van der Waals surface area (Å²) in [5.41, 5.74) is 1.08. The fraction of sp³-hybridized carbons (Fsp3) is 0.636. The molecular weight excluding hydrogens is 178 g/mol. The molecule has 2 aliphatic rings. The lowest BCUT2D eigenvalue weighted by molar-refractivity contribution is -0.0774. The fourth-order valence-electron chi connectivity index (χ4n) is 2.23. The van der Waals surface area contributed by atoms with Crippen molar-refractivity contribution in [2.75, 3.05) is 13.1 Å². The summed E-state index contributed by atoms with van der Waals surface area (Å²) in [6, 6.07) is 0. The van der Waals surface area contributed by atoms with E-state index < -0.39 is 5.79 Å². The first-order valence-electron chi connectivity index (χ1n) is 5.24. The highest BCUT2D eigenvalue weighted by molar-refractivity contribution is 5.28. The van der Waals surface area contributed by atoms with Gasteiger partial charge < -0.3 is 15.1 Å². The van der Waals surface area contributed by atoms with E-state index in [1.54, 1.807) is 6.08 Å². The quantitative estimate of drug-likeness (QED) is 0.507. The normalized spacial score (nSPS) is 28.9. The Hall–Kier alpha value is -0.800. The number of fused-ring (bicyclic) bond motifs is 1. The van der Waals surface area contributed by atoms with Crippen molar-refractivity contribution >= 4 is 0 Å². The van der Waals surface area contributed by atoms with E-state index in [9.17, 15) is 10.2 Å². The molecule has 78 valence electrons. The van der Waals surface area contributed by atoms with Crippen molar-refractivity contribution in [3.63, 3.8) is 0 Å². The van der Waals surface area contributed by atoms with Crippen molar-refractivity contribution < 1.29 is 10.2 Å². The Bertz CT molecular complexity index is 281. The van der Waals surface area contributed by atoms with Crippen molar-refractivity contribution in [2.24, 2.45) is 5.92 Å². The first-order valence-corrected chi connectivity index (χ1v) is 5.24. The van der Waals surface area contributed by atoms with Crippen molar-refractivity contribution in [1.82, 2.24) is 4.90 Å². The summed E-state index contributed by atoms with van der Waals surface area (Å²) in [5, 5.41) is 18.9. The molecule has 3 heteroatoms. The van der Waals surface area contributed by atoms with Gasteiger partial charge in [-0.15, -0.1) is 0 Å². The lowest BCUT2D eigenvalue weighted by atomic mass is 9.96. The molecule has 1 atom stereocenters. The summed E-state index contributed by atoms with van der Waals surface area (Å²) in [6.45, 7) is 4.18. The zero-order valence-electron chi connectivity index (χ0n) is 8.48. The molecule has 1 fully saturated rings. The maximum absolute atomic E-state index is 9.47. The monoisotopic (exact) mass is 195 g/mol. The minimum absolute atomic E-state index is 0.397. The number of rotatable bonds is 2. The van der Waals surface area contributed by atoms with Crippen LogP contribution >= 0.6 is 0 Å². The minimum Gasteiger partial charge on any atom is -0.374 e. The number of aliphatic hydroxyl groups is 2. The van der Waals surface area contributed by atoms with Crippen LogP contribution in [0.15, 0.2) is 23.9 Å². The summed E-state index contributed by atoms with van der Waals surface area (Å²) in [6.07, 6.45) is 7.14. The zero-order chi connectivity index (χ0) is 10.2. The van der Waals surface area contributed by atoms with E-state index in [-0.39, 0.29) is 0 Å². The van der Waals surface area contributed by atoms with Gasteiger partial charge in [-0.05, 0) is 25.0 Å². The Balaban J connectivity index is 2.19. The molecule has 1 saturated heterocycles. The Morgan fingerprint density at radius 3 is 3.07 bits per heavy atom. The molecule has 0 aromatic heterocycles. The molecule has 3 nitrogen and oxygen atoms in total. The molecule has 0 bridgehead atoms. The van der Waals surface area contributed by atoms with Crippen LogP contribution in [0.25, 0.3) is 0 Å². The van der Waals surface area contributed by atoms with Crippen LogP contribution in [-0.4, -0.2) is 34.0 Å². The Morgan fingerprint density at radius 2 is 2.36 bits per heavy atom. The second kappa shape index (κ2) is 3.41. The molecule has 0 saturated carbocycles. The van der Waals surface area contributed by atoms with Gasteiger partial charge in [-0.3, -0.25) is 0 Å². The average Bonchev–Trinajstić information content (AvgIpc) is 2.47. The maximum Gasteiger partial charge on any atom is 0.204 e. The van der Waals surface area contributed by atoms with Crippen molar-refractivity contribution in [2.45, 2.75) is 25.6 Å². The minimum atomic E-state index is -1.73. The average molecular weight is 195 g/mol. The van der Waals surface area contributed by atoms with Gasteiger partial charge in [-0.1, -0.05) is 13.0 Å². The molecule has 1 aliphatic heterocycles. The van der Waals surface area contributed by atoms with Crippen LogP contribution in [0.2, 0.25) is 0 Å². The maximum atomic E-state index is 9.47. The molecule has 0 radical (unpaired) electrons. The van der Waals surface area contributed by atoms with Crippen LogP contribution in [0.3, 0.4) is 0 Å². The third-order valence-corrected chi connectivity index (χ3v) is 2.88. The number of allylic oxidation sites excluding steroid dienone is 1. The van der Waals surface area contributed by atoms with E-state index in [0.717, 1.165) is 31.6 Å². The van der Waals surface area contributed by atoms with Gasteiger partial charge in [-0.25, -0.2) is 0 Å². The van der Waals surface area contributed by atoms with Gasteiger partial charge in [0.1, 0.15) is 0 Å². The molecule has 0 aromatic rings. The largest absolute Gasteiger partial charge is 0.374 e. The van der Waals surface area contributed by atoms with E-state index in [1.807, 2.05) is 6.08 Å². The van der Waals surface area contributed by atoms with Crippen LogP contribution in [0.5, 0.6) is 0 Å². The fourth-order valence-corrected chi connectivity index (χ4v) is 2.23. The van der Waals surface area contributed by atoms with E-state index in [0.29, 0.717) is 5.92 Å². The Kier molecular flexibility index (Phi) is 2.37. The molecule has 1 aliphatic carbocycles. The van der Waals surface area contributed by atoms with Gasteiger partial charge in [0.15, 0.2) is 0 Å². The van der Waals surface area contributed by atoms with Crippen molar-refractivity contribution in [1.29, 1.82) is 0 Å². The predicted molar refractivity (Wildman–Crippen MR) is 54.4 cm³/mol. The molecule has 0 amide bonds. The van der Waals surface area contributed by atoms with Crippen molar-refractivity contribution in [3.8, 4) is 0 Å². The molecule has 0 spiro atoms. The molecule has 2 N–H and O–H groups in total. The first kappa shape index (κ1) is 9.74. The molecule has 14 heavy (non-hydrogen) atoms. The van der Waals surface area contributed by atoms with Crippen LogP contribution in [0.1, 0.15) is 19.8 Å². The molecular formula is C11H17NO2. The van der Waals surface area contributed by atoms with E-state index in [2.05, 4.69) is 11.8 Å². The van der Waals surface area contributed by atoms with Crippen LogP contribution in [-0.2, 0) is 0 Å². The summed E-state index contributed by atoms with van der Waals surface area (Å²) in [5.74, 6) is -1.34. The zero-order valence-corrected chi connectivity index (χ0v) is 8.48. The van der Waals surface area contributed by atoms with Crippen molar-refractivity contribution in [3.05, 3.63) is 23.9 Å². The smallest absolute Gasteiger partial charge is 0.204 e. The van der Waals surface area contributed by atoms with Gasteiger partial charge in [0.25, 0.3) is 0 Å². The third-order valence-electron chi connectivity index (χ3n) is 2.88. The Labute approximate surface area is 84.3 Å². The van der Waals surface area contributed by atoms with Gasteiger partial charge in [0, 0.05) is 24.7 Å². The number of hydrogen-bond acceptors (Lipinski definition) is 3. The number of nitrogens with zero attached hydrogens (tertiary/aromatic N) is 1. The highest BCUT2D eigenvalue weighted by atomic mass is 16.5. The van der Waals surface area contributed by atoms with E-state index >= 15 is 0 Å². The SMILES string of the molecule is CCCN1CCC2C=CC(O)(O)C=C21. The van der Waals surface area contributed by atoms with Gasteiger partial charge in [0.05, 0.1) is 0 Å². The summed E-state index contributed by atoms with van der Waals surface area (Å²) >= 11 is 0. The van der Waals surface area contributed by atoms with Crippen LogP contribution in [0, 0.1) is 5.92 Å². The van der Waals surface area contributed by atoms with E-state index in [1.165, 1.54) is 6.08 Å². The topological polar surface area (TPSA) is 43.7 Å². The van der Waals surface area contributed by atoms with Gasteiger partial charge >= 0.3 is 0 Å².